The van der Waals surface area contributed by atoms with Crippen molar-refractivity contribution >= 4 is 24.0 Å². The van der Waals surface area contributed by atoms with Crippen molar-refractivity contribution in [1.82, 2.24) is 0 Å². The largest absolute Gasteiger partial charge is 0.489 e. The van der Waals surface area contributed by atoms with Crippen LogP contribution in [-0.4, -0.2) is 6.61 Å². The summed E-state index contributed by atoms with van der Waals surface area (Å²) in [5.41, 5.74) is 6.76. The molecule has 1 aromatic rings. The number of halogens is 3. The Morgan fingerprint density at radius 1 is 1.39 bits per heavy atom. The first-order valence-corrected chi connectivity index (χ1v) is 6.26. The van der Waals surface area contributed by atoms with Crippen LogP contribution in [0.4, 0.5) is 4.39 Å². The van der Waals surface area contributed by atoms with Gasteiger partial charge in [0.15, 0.2) is 11.6 Å². The summed E-state index contributed by atoms with van der Waals surface area (Å²) in [5, 5.41) is 0.278. The normalized spacial score (nSPS) is 13.7. The number of rotatable bonds is 5. The molecule has 2 N–H and O–H groups in total. The minimum atomic E-state index is -0.451. The first-order chi connectivity index (χ1) is 8.01. The zero-order valence-corrected chi connectivity index (χ0v) is 12.4. The van der Waals surface area contributed by atoms with Gasteiger partial charge in [-0.05, 0) is 30.5 Å². The standard InChI is InChI=1S/C13H19ClFNO.ClH/c1-4-8(3)12(16)9-6-10(14)13(17-5-2)11(15)7-9;/h6-8,12H,4-5,16H2,1-3H3;1H/t8?,12-;/m0./s1. The molecule has 0 radical (unpaired) electrons. The van der Waals surface area contributed by atoms with Crippen molar-refractivity contribution in [2.75, 3.05) is 6.61 Å². The molecule has 0 spiro atoms. The van der Waals surface area contributed by atoms with Gasteiger partial charge in [-0.1, -0.05) is 31.9 Å². The summed E-state index contributed by atoms with van der Waals surface area (Å²) in [6.45, 7) is 6.26. The molecule has 0 aliphatic carbocycles. The average molecular weight is 296 g/mol. The topological polar surface area (TPSA) is 35.2 Å². The van der Waals surface area contributed by atoms with Crippen LogP contribution in [0.2, 0.25) is 5.02 Å². The Morgan fingerprint density at radius 2 is 2.00 bits per heavy atom. The molecule has 1 unspecified atom stereocenters. The van der Waals surface area contributed by atoms with E-state index in [2.05, 4.69) is 6.92 Å². The molecule has 0 aliphatic rings. The van der Waals surface area contributed by atoms with Crippen molar-refractivity contribution in [1.29, 1.82) is 0 Å². The summed E-state index contributed by atoms with van der Waals surface area (Å²) in [6.07, 6.45) is 0.938. The number of hydrogen-bond donors (Lipinski definition) is 1. The van der Waals surface area contributed by atoms with Gasteiger partial charge in [0.25, 0.3) is 0 Å². The average Bonchev–Trinajstić information content (AvgIpc) is 2.31. The van der Waals surface area contributed by atoms with E-state index in [-0.39, 0.29) is 35.1 Å². The summed E-state index contributed by atoms with van der Waals surface area (Å²) >= 11 is 5.98. The first-order valence-electron chi connectivity index (χ1n) is 5.88. The van der Waals surface area contributed by atoms with E-state index in [1.54, 1.807) is 13.0 Å². The van der Waals surface area contributed by atoms with Crippen LogP contribution in [0.15, 0.2) is 12.1 Å². The van der Waals surface area contributed by atoms with Crippen molar-refractivity contribution in [2.24, 2.45) is 11.7 Å². The second-order valence-electron chi connectivity index (χ2n) is 4.16. The second-order valence-corrected chi connectivity index (χ2v) is 4.57. The maximum atomic E-state index is 13.8. The molecule has 2 atom stereocenters. The lowest BCUT2D eigenvalue weighted by Crippen LogP contribution is -2.18. The molecule has 104 valence electrons. The summed E-state index contributed by atoms with van der Waals surface area (Å²) < 4.78 is 18.9. The predicted octanol–water partition coefficient (Wildman–Crippen LogP) is 4.35. The molecule has 0 bridgehead atoms. The number of hydrogen-bond acceptors (Lipinski definition) is 2. The second kappa shape index (κ2) is 7.82. The van der Waals surface area contributed by atoms with Gasteiger partial charge in [-0.25, -0.2) is 4.39 Å². The Kier molecular flexibility index (Phi) is 7.60. The van der Waals surface area contributed by atoms with Gasteiger partial charge in [0.1, 0.15) is 0 Å². The van der Waals surface area contributed by atoms with Gasteiger partial charge in [0, 0.05) is 6.04 Å². The third-order valence-corrected chi connectivity index (χ3v) is 3.23. The number of nitrogens with two attached hydrogens (primary N) is 1. The Morgan fingerprint density at radius 3 is 2.44 bits per heavy atom. The lowest BCUT2D eigenvalue weighted by atomic mass is 9.93. The zero-order valence-electron chi connectivity index (χ0n) is 10.9. The van der Waals surface area contributed by atoms with Gasteiger partial charge in [0.2, 0.25) is 0 Å². The van der Waals surface area contributed by atoms with Crippen LogP contribution >= 0.6 is 24.0 Å². The Bertz CT molecular complexity index is 364. The first kappa shape index (κ1) is 17.5. The molecule has 0 fully saturated rings. The molecule has 0 aliphatic heterocycles. The fourth-order valence-corrected chi connectivity index (χ4v) is 1.91. The van der Waals surface area contributed by atoms with Crippen LogP contribution in [0, 0.1) is 11.7 Å². The van der Waals surface area contributed by atoms with Crippen molar-refractivity contribution in [2.45, 2.75) is 33.2 Å². The SMILES string of the molecule is CCOc1c(F)cc([C@@H](N)C(C)CC)cc1Cl.Cl. The highest BCUT2D eigenvalue weighted by molar-refractivity contribution is 6.32. The van der Waals surface area contributed by atoms with Crippen LogP contribution in [0.25, 0.3) is 0 Å². The lowest BCUT2D eigenvalue weighted by Gasteiger charge is -2.20. The Labute approximate surface area is 119 Å². The third-order valence-electron chi connectivity index (χ3n) is 2.95. The van der Waals surface area contributed by atoms with Gasteiger partial charge in [-0.15, -0.1) is 12.4 Å². The molecular formula is C13H20Cl2FNO. The Hall–Kier alpha value is -0.510. The van der Waals surface area contributed by atoms with E-state index in [4.69, 9.17) is 22.1 Å². The maximum Gasteiger partial charge on any atom is 0.173 e. The zero-order chi connectivity index (χ0) is 13.0. The molecule has 5 heteroatoms. The number of benzene rings is 1. The van der Waals surface area contributed by atoms with Gasteiger partial charge >= 0.3 is 0 Å². The molecular weight excluding hydrogens is 276 g/mol. The molecule has 0 aromatic heterocycles. The van der Waals surface area contributed by atoms with Gasteiger partial charge in [0.05, 0.1) is 11.6 Å². The van der Waals surface area contributed by atoms with Crippen LogP contribution in [0.1, 0.15) is 38.8 Å². The fraction of sp³-hybridized carbons (Fsp3) is 0.538. The van der Waals surface area contributed by atoms with E-state index in [0.717, 1.165) is 6.42 Å². The van der Waals surface area contributed by atoms with Crippen molar-refractivity contribution in [3.8, 4) is 5.75 Å². The fourth-order valence-electron chi connectivity index (χ4n) is 1.64. The molecule has 2 nitrogen and oxygen atoms in total. The number of ether oxygens (including phenoxy) is 1. The molecule has 0 saturated heterocycles. The van der Waals surface area contributed by atoms with Crippen LogP contribution < -0.4 is 10.5 Å². The highest BCUT2D eigenvalue weighted by Crippen LogP contribution is 2.33. The monoisotopic (exact) mass is 295 g/mol. The van der Waals surface area contributed by atoms with Gasteiger partial charge < -0.3 is 10.5 Å². The third kappa shape index (κ3) is 4.01. The van der Waals surface area contributed by atoms with Crippen LogP contribution in [-0.2, 0) is 0 Å². The van der Waals surface area contributed by atoms with Crippen LogP contribution in [0.3, 0.4) is 0 Å². The molecule has 1 aromatic carbocycles. The van der Waals surface area contributed by atoms with E-state index < -0.39 is 5.82 Å². The van der Waals surface area contributed by atoms with Crippen molar-refractivity contribution in [3.05, 3.63) is 28.5 Å². The smallest absolute Gasteiger partial charge is 0.173 e. The van der Waals surface area contributed by atoms with Crippen LogP contribution in [0.5, 0.6) is 5.75 Å². The van der Waals surface area contributed by atoms with E-state index in [9.17, 15) is 4.39 Å². The summed E-state index contributed by atoms with van der Waals surface area (Å²) in [7, 11) is 0. The van der Waals surface area contributed by atoms with Gasteiger partial charge in [-0.3, -0.25) is 0 Å². The summed E-state index contributed by atoms with van der Waals surface area (Å²) in [5.74, 6) is -0.0641. The summed E-state index contributed by atoms with van der Waals surface area (Å²) in [4.78, 5) is 0. The predicted molar refractivity (Wildman–Crippen MR) is 76.2 cm³/mol. The summed E-state index contributed by atoms with van der Waals surface area (Å²) in [6, 6.07) is 2.89. The van der Waals surface area contributed by atoms with Crippen molar-refractivity contribution in [3.63, 3.8) is 0 Å². The molecule has 1 rings (SSSR count). The van der Waals surface area contributed by atoms with E-state index in [1.165, 1.54) is 6.07 Å². The lowest BCUT2D eigenvalue weighted by molar-refractivity contribution is 0.321. The molecule has 0 heterocycles. The maximum absolute atomic E-state index is 13.8. The van der Waals surface area contributed by atoms with Gasteiger partial charge in [-0.2, -0.15) is 0 Å². The van der Waals surface area contributed by atoms with E-state index in [0.29, 0.717) is 12.2 Å². The Balaban J connectivity index is 0.00000289. The molecule has 0 amide bonds. The highest BCUT2D eigenvalue weighted by Gasteiger charge is 2.18. The minimum Gasteiger partial charge on any atom is -0.489 e. The van der Waals surface area contributed by atoms with E-state index in [1.807, 2.05) is 6.92 Å². The van der Waals surface area contributed by atoms with E-state index >= 15 is 0 Å². The minimum absolute atomic E-state index is 0. The van der Waals surface area contributed by atoms with Crippen molar-refractivity contribution < 1.29 is 9.13 Å². The molecule has 0 saturated carbocycles. The highest BCUT2D eigenvalue weighted by atomic mass is 35.5. The molecule has 18 heavy (non-hydrogen) atoms. The quantitative estimate of drug-likeness (QED) is 0.877.